The first kappa shape index (κ1) is 18.2. The van der Waals surface area contributed by atoms with E-state index in [9.17, 15) is 4.79 Å². The lowest BCUT2D eigenvalue weighted by molar-refractivity contribution is 0.173. The van der Waals surface area contributed by atoms with Crippen molar-refractivity contribution < 1.29 is 9.90 Å². The quantitative estimate of drug-likeness (QED) is 0.640. The van der Waals surface area contributed by atoms with Crippen LogP contribution in [0.4, 0.5) is 4.79 Å². The molecule has 1 fully saturated rings. The molecule has 5 nitrogen and oxygen atoms in total. The van der Waals surface area contributed by atoms with E-state index >= 15 is 0 Å². The van der Waals surface area contributed by atoms with Gasteiger partial charge >= 0.3 is 6.03 Å². The molecule has 0 aliphatic carbocycles. The Morgan fingerprint density at radius 3 is 2.43 bits per heavy atom. The topological polar surface area (TPSA) is 64.6 Å². The molecular weight excluding hydrogens is 266 g/mol. The molecule has 5 heteroatoms. The number of nitrogens with zero attached hydrogens (tertiary/aromatic N) is 1. The zero-order chi connectivity index (χ0) is 15.7. The van der Waals surface area contributed by atoms with E-state index in [0.29, 0.717) is 18.9 Å². The van der Waals surface area contributed by atoms with Crippen LogP contribution in [-0.2, 0) is 0 Å². The number of likely N-dealkylation sites (tertiary alicyclic amines) is 1. The van der Waals surface area contributed by atoms with Gasteiger partial charge in [0.25, 0.3) is 0 Å². The Hall–Kier alpha value is -0.810. The molecule has 124 valence electrons. The van der Waals surface area contributed by atoms with Gasteiger partial charge in [-0.15, -0.1) is 0 Å². The minimum atomic E-state index is -0.361. The maximum absolute atomic E-state index is 11.6. The molecule has 0 bridgehead atoms. The Balaban J connectivity index is 2.06. The van der Waals surface area contributed by atoms with Crippen LogP contribution in [0.2, 0.25) is 0 Å². The molecule has 1 aliphatic heterocycles. The summed E-state index contributed by atoms with van der Waals surface area (Å²) < 4.78 is 0. The van der Waals surface area contributed by atoms with E-state index in [-0.39, 0.29) is 12.1 Å². The van der Waals surface area contributed by atoms with Gasteiger partial charge in [-0.1, -0.05) is 13.8 Å². The van der Waals surface area contributed by atoms with Gasteiger partial charge in [-0.05, 0) is 64.1 Å². The number of aliphatic hydroxyl groups is 1. The summed E-state index contributed by atoms with van der Waals surface area (Å²) in [5, 5.41) is 14.8. The van der Waals surface area contributed by atoms with Gasteiger partial charge in [0.1, 0.15) is 0 Å². The minimum absolute atomic E-state index is 0.113. The van der Waals surface area contributed by atoms with Crippen molar-refractivity contribution in [2.24, 2.45) is 11.8 Å². The second kappa shape index (κ2) is 10.0. The van der Waals surface area contributed by atoms with E-state index in [1.54, 1.807) is 6.92 Å². The third-order valence-corrected chi connectivity index (χ3v) is 4.13. The Morgan fingerprint density at radius 2 is 1.86 bits per heavy atom. The molecule has 1 aliphatic rings. The molecule has 0 saturated carbocycles. The Morgan fingerprint density at radius 1 is 1.19 bits per heavy atom. The molecule has 0 aromatic heterocycles. The number of piperidine rings is 1. The first-order valence-electron chi connectivity index (χ1n) is 8.39. The van der Waals surface area contributed by atoms with Crippen LogP contribution in [0.1, 0.15) is 46.5 Å². The highest BCUT2D eigenvalue weighted by Crippen LogP contribution is 2.17. The molecule has 0 radical (unpaired) electrons. The summed E-state index contributed by atoms with van der Waals surface area (Å²) >= 11 is 0. The van der Waals surface area contributed by atoms with Crippen molar-refractivity contribution >= 4 is 6.03 Å². The standard InChI is InChI=1S/C16H33N3O2/c1-13(2)5-9-19-10-6-15(7-11-19)12-18-16(21)17-8-4-14(3)20/h13-15,20H,4-12H2,1-3H3,(H2,17,18,21). The lowest BCUT2D eigenvalue weighted by Crippen LogP contribution is -2.42. The van der Waals surface area contributed by atoms with Gasteiger partial charge in [0.15, 0.2) is 0 Å². The number of carbonyl (C=O) groups is 1. The highest BCUT2D eigenvalue weighted by atomic mass is 16.3. The maximum Gasteiger partial charge on any atom is 0.314 e. The molecule has 1 atom stereocenters. The average Bonchev–Trinajstić information content (AvgIpc) is 2.43. The predicted molar refractivity (Wildman–Crippen MR) is 86.3 cm³/mol. The van der Waals surface area contributed by atoms with E-state index in [0.717, 1.165) is 25.6 Å². The Labute approximate surface area is 129 Å². The van der Waals surface area contributed by atoms with E-state index in [2.05, 4.69) is 29.4 Å². The number of amides is 2. The summed E-state index contributed by atoms with van der Waals surface area (Å²) in [4.78, 5) is 14.1. The molecule has 21 heavy (non-hydrogen) atoms. The van der Waals surface area contributed by atoms with Crippen molar-refractivity contribution in [1.29, 1.82) is 0 Å². The lowest BCUT2D eigenvalue weighted by Gasteiger charge is -2.32. The summed E-state index contributed by atoms with van der Waals surface area (Å²) in [7, 11) is 0. The van der Waals surface area contributed by atoms with Gasteiger partial charge < -0.3 is 20.6 Å². The smallest absolute Gasteiger partial charge is 0.314 e. The highest BCUT2D eigenvalue weighted by molar-refractivity contribution is 5.73. The van der Waals surface area contributed by atoms with Crippen LogP contribution in [0.5, 0.6) is 0 Å². The largest absolute Gasteiger partial charge is 0.393 e. The van der Waals surface area contributed by atoms with E-state index in [4.69, 9.17) is 5.11 Å². The fourth-order valence-corrected chi connectivity index (χ4v) is 2.55. The molecule has 3 N–H and O–H groups in total. The fourth-order valence-electron chi connectivity index (χ4n) is 2.55. The van der Waals surface area contributed by atoms with Gasteiger partial charge in [-0.25, -0.2) is 4.79 Å². The van der Waals surface area contributed by atoms with Gasteiger partial charge in [0, 0.05) is 13.1 Å². The summed E-state index contributed by atoms with van der Waals surface area (Å²) in [5.74, 6) is 1.37. The maximum atomic E-state index is 11.6. The molecule has 0 spiro atoms. The normalized spacial score (nSPS) is 18.7. The third kappa shape index (κ3) is 8.94. The second-order valence-electron chi connectivity index (χ2n) is 6.74. The van der Waals surface area contributed by atoms with Crippen molar-refractivity contribution in [3.05, 3.63) is 0 Å². The average molecular weight is 299 g/mol. The van der Waals surface area contributed by atoms with Crippen molar-refractivity contribution in [2.75, 3.05) is 32.7 Å². The first-order valence-corrected chi connectivity index (χ1v) is 8.39. The van der Waals surface area contributed by atoms with Crippen molar-refractivity contribution in [2.45, 2.75) is 52.6 Å². The zero-order valence-corrected chi connectivity index (χ0v) is 13.9. The van der Waals surface area contributed by atoms with Gasteiger partial charge in [-0.3, -0.25) is 0 Å². The van der Waals surface area contributed by atoms with Crippen molar-refractivity contribution in [3.63, 3.8) is 0 Å². The molecule has 1 unspecified atom stereocenters. The fraction of sp³-hybridized carbons (Fsp3) is 0.938. The monoisotopic (exact) mass is 299 g/mol. The van der Waals surface area contributed by atoms with Crippen LogP contribution < -0.4 is 10.6 Å². The minimum Gasteiger partial charge on any atom is -0.393 e. The van der Waals surface area contributed by atoms with Crippen LogP contribution in [0, 0.1) is 11.8 Å². The van der Waals surface area contributed by atoms with E-state index in [1.807, 2.05) is 0 Å². The number of rotatable bonds is 8. The first-order chi connectivity index (χ1) is 9.97. The van der Waals surface area contributed by atoms with Crippen molar-refractivity contribution in [1.82, 2.24) is 15.5 Å². The van der Waals surface area contributed by atoms with Crippen LogP contribution in [0.25, 0.3) is 0 Å². The number of hydrogen-bond donors (Lipinski definition) is 3. The molecular formula is C16H33N3O2. The summed E-state index contributed by atoms with van der Waals surface area (Å²) in [5.41, 5.74) is 0. The van der Waals surface area contributed by atoms with E-state index < -0.39 is 0 Å². The van der Waals surface area contributed by atoms with Gasteiger partial charge in [-0.2, -0.15) is 0 Å². The van der Waals surface area contributed by atoms with Gasteiger partial charge in [0.05, 0.1) is 6.10 Å². The molecule has 0 aromatic carbocycles. The SMILES string of the molecule is CC(C)CCN1CCC(CNC(=O)NCCC(C)O)CC1. The second-order valence-corrected chi connectivity index (χ2v) is 6.74. The van der Waals surface area contributed by atoms with E-state index in [1.165, 1.54) is 25.8 Å². The molecule has 1 saturated heterocycles. The van der Waals surface area contributed by atoms with Crippen molar-refractivity contribution in [3.8, 4) is 0 Å². The third-order valence-electron chi connectivity index (χ3n) is 4.13. The van der Waals surface area contributed by atoms with Crippen LogP contribution in [0.3, 0.4) is 0 Å². The molecule has 2 amide bonds. The Bertz CT molecular complexity index is 287. The molecule has 1 heterocycles. The zero-order valence-electron chi connectivity index (χ0n) is 13.9. The summed E-state index contributed by atoms with van der Waals surface area (Å²) in [6.07, 6.45) is 3.86. The number of carbonyl (C=O) groups excluding carboxylic acids is 1. The number of hydrogen-bond acceptors (Lipinski definition) is 3. The van der Waals surface area contributed by atoms with Crippen LogP contribution >= 0.6 is 0 Å². The summed E-state index contributed by atoms with van der Waals surface area (Å²) in [6.45, 7) is 11.1. The summed E-state index contributed by atoms with van der Waals surface area (Å²) in [6, 6.07) is -0.113. The molecule has 0 aromatic rings. The van der Waals surface area contributed by atoms with Crippen LogP contribution in [-0.4, -0.2) is 54.9 Å². The number of urea groups is 1. The number of nitrogens with one attached hydrogen (secondary N) is 2. The molecule has 1 rings (SSSR count). The van der Waals surface area contributed by atoms with Gasteiger partial charge in [0.2, 0.25) is 0 Å². The highest BCUT2D eigenvalue weighted by Gasteiger charge is 2.19. The predicted octanol–water partition coefficient (Wildman–Crippen LogP) is 1.81. The Kier molecular flexibility index (Phi) is 8.69. The van der Waals surface area contributed by atoms with Crippen LogP contribution in [0.15, 0.2) is 0 Å². The lowest BCUT2D eigenvalue weighted by atomic mass is 9.96. The number of aliphatic hydroxyl groups excluding tert-OH is 1.